The first-order valence-electron chi connectivity index (χ1n) is 9.81. The van der Waals surface area contributed by atoms with Crippen LogP contribution in [0.5, 0.6) is 0 Å². The number of thioether (sulfide) groups is 1. The molecule has 0 radical (unpaired) electrons. The summed E-state index contributed by atoms with van der Waals surface area (Å²) in [7, 11) is 0. The lowest BCUT2D eigenvalue weighted by molar-refractivity contribution is -0.115. The molecule has 0 bridgehead atoms. The second kappa shape index (κ2) is 9.77. The Morgan fingerprint density at radius 2 is 1.42 bits per heavy atom. The maximum absolute atomic E-state index is 12.7. The van der Waals surface area contributed by atoms with Crippen molar-refractivity contribution in [3.05, 3.63) is 96.0 Å². The number of anilines is 1. The fourth-order valence-electron chi connectivity index (χ4n) is 3.01. The fraction of sp³-hybridized carbons (Fsp3) is 0.0800. The molecule has 0 aliphatic carbocycles. The van der Waals surface area contributed by atoms with Gasteiger partial charge in [-0.1, -0.05) is 90.1 Å². The number of carbonyl (C=O) groups is 1. The van der Waals surface area contributed by atoms with Crippen molar-refractivity contribution in [2.75, 3.05) is 5.32 Å². The van der Waals surface area contributed by atoms with Crippen molar-refractivity contribution >= 4 is 35.0 Å². The molecule has 3 aromatic carbocycles. The Labute approximate surface area is 190 Å². The quantitative estimate of drug-likeness (QED) is 0.269. The molecule has 0 aliphatic heterocycles. The average molecular weight is 446 g/mol. The first-order chi connectivity index (χ1) is 15.1. The molecule has 154 valence electrons. The summed E-state index contributed by atoms with van der Waals surface area (Å²) in [5.41, 5.74) is 4.30. The summed E-state index contributed by atoms with van der Waals surface area (Å²) in [6.07, 6.45) is 0. The van der Waals surface area contributed by atoms with E-state index in [-0.39, 0.29) is 5.91 Å². The first-order valence-corrected chi connectivity index (χ1v) is 11.1. The van der Waals surface area contributed by atoms with Crippen molar-refractivity contribution < 1.29 is 4.79 Å². The van der Waals surface area contributed by atoms with Crippen molar-refractivity contribution in [1.82, 2.24) is 9.97 Å². The number of amides is 1. The fourth-order valence-corrected chi connectivity index (χ4v) is 3.99. The number of halogens is 1. The third-order valence-corrected chi connectivity index (χ3v) is 5.78. The minimum Gasteiger partial charge on any atom is -0.325 e. The van der Waals surface area contributed by atoms with Crippen molar-refractivity contribution in [2.45, 2.75) is 17.3 Å². The molecule has 4 aromatic rings. The zero-order chi connectivity index (χ0) is 21.6. The van der Waals surface area contributed by atoms with Crippen molar-refractivity contribution in [1.29, 1.82) is 0 Å². The molecule has 0 fully saturated rings. The molecule has 1 heterocycles. The SMILES string of the molecule is CC(Sc1nc(-c2ccccc2)cc(-c2ccccc2)n1)C(=O)Nc1cccc(Cl)c1. The van der Waals surface area contributed by atoms with Gasteiger partial charge in [-0.25, -0.2) is 9.97 Å². The summed E-state index contributed by atoms with van der Waals surface area (Å²) >= 11 is 7.34. The monoisotopic (exact) mass is 445 g/mol. The molecule has 4 nitrogen and oxygen atoms in total. The highest BCUT2D eigenvalue weighted by Crippen LogP contribution is 2.29. The van der Waals surface area contributed by atoms with E-state index in [0.717, 1.165) is 22.5 Å². The van der Waals surface area contributed by atoms with Gasteiger partial charge in [-0.3, -0.25) is 4.79 Å². The van der Waals surface area contributed by atoms with Crippen LogP contribution in [0.2, 0.25) is 5.02 Å². The molecule has 0 saturated heterocycles. The lowest BCUT2D eigenvalue weighted by Gasteiger charge is -2.13. The van der Waals surface area contributed by atoms with Crippen LogP contribution < -0.4 is 5.32 Å². The van der Waals surface area contributed by atoms with Crippen LogP contribution in [0, 0.1) is 0 Å². The van der Waals surface area contributed by atoms with Gasteiger partial charge in [-0.15, -0.1) is 0 Å². The Kier molecular flexibility index (Phi) is 6.65. The van der Waals surface area contributed by atoms with E-state index in [2.05, 4.69) is 5.32 Å². The van der Waals surface area contributed by atoms with E-state index >= 15 is 0 Å². The summed E-state index contributed by atoms with van der Waals surface area (Å²) in [5.74, 6) is -0.137. The van der Waals surface area contributed by atoms with Gasteiger partial charge in [0.1, 0.15) is 0 Å². The highest BCUT2D eigenvalue weighted by Gasteiger charge is 2.18. The first kappa shape index (κ1) is 21.1. The molecule has 1 amide bonds. The molecule has 0 aliphatic rings. The smallest absolute Gasteiger partial charge is 0.237 e. The van der Waals surface area contributed by atoms with Gasteiger partial charge in [0.2, 0.25) is 5.91 Å². The second-order valence-corrected chi connectivity index (χ2v) is 8.66. The van der Waals surface area contributed by atoms with Gasteiger partial charge >= 0.3 is 0 Å². The molecule has 0 spiro atoms. The number of nitrogens with one attached hydrogen (secondary N) is 1. The number of aromatic nitrogens is 2. The van der Waals surface area contributed by atoms with Crippen LogP contribution in [0.3, 0.4) is 0 Å². The van der Waals surface area contributed by atoms with Gasteiger partial charge in [0.25, 0.3) is 0 Å². The average Bonchev–Trinajstić information content (AvgIpc) is 2.80. The minimum absolute atomic E-state index is 0.137. The molecule has 4 rings (SSSR count). The normalized spacial score (nSPS) is 11.7. The van der Waals surface area contributed by atoms with Crippen molar-refractivity contribution in [3.63, 3.8) is 0 Å². The van der Waals surface area contributed by atoms with Gasteiger partial charge in [-0.2, -0.15) is 0 Å². The van der Waals surface area contributed by atoms with Crippen molar-refractivity contribution in [2.24, 2.45) is 0 Å². The summed E-state index contributed by atoms with van der Waals surface area (Å²) in [4.78, 5) is 22.2. The van der Waals surface area contributed by atoms with E-state index in [9.17, 15) is 4.79 Å². The Bertz CT molecular complexity index is 1130. The zero-order valence-electron chi connectivity index (χ0n) is 16.8. The standard InChI is InChI=1S/C25H20ClN3OS/c1-17(24(30)27-21-14-8-13-20(26)15-21)31-25-28-22(18-9-4-2-5-10-18)16-23(29-25)19-11-6-3-7-12-19/h2-17H,1H3,(H,27,30). The van der Waals surface area contributed by atoms with Crippen LogP contribution in [0.4, 0.5) is 5.69 Å². The van der Waals surface area contributed by atoms with Gasteiger partial charge in [0, 0.05) is 21.8 Å². The molecule has 1 unspecified atom stereocenters. The molecule has 1 atom stereocenters. The molecular weight excluding hydrogens is 426 g/mol. The van der Waals surface area contributed by atoms with Crippen LogP contribution in [0.15, 0.2) is 96.2 Å². The zero-order valence-corrected chi connectivity index (χ0v) is 18.4. The summed E-state index contributed by atoms with van der Waals surface area (Å²) in [6, 6.07) is 29.0. The van der Waals surface area contributed by atoms with Crippen LogP contribution >= 0.6 is 23.4 Å². The van der Waals surface area contributed by atoms with E-state index < -0.39 is 5.25 Å². The minimum atomic E-state index is -0.395. The van der Waals surface area contributed by atoms with Crippen LogP contribution in [-0.2, 0) is 4.79 Å². The number of nitrogens with zero attached hydrogens (tertiary/aromatic N) is 2. The largest absolute Gasteiger partial charge is 0.325 e. The van der Waals surface area contributed by atoms with Crippen LogP contribution in [-0.4, -0.2) is 21.1 Å². The van der Waals surface area contributed by atoms with Crippen LogP contribution in [0.1, 0.15) is 6.92 Å². The predicted molar refractivity (Wildman–Crippen MR) is 128 cm³/mol. The lowest BCUT2D eigenvalue weighted by Crippen LogP contribution is -2.22. The number of rotatable bonds is 6. The summed E-state index contributed by atoms with van der Waals surface area (Å²) in [5, 5.41) is 3.62. The van der Waals surface area contributed by atoms with Crippen molar-refractivity contribution in [3.8, 4) is 22.5 Å². The van der Waals surface area contributed by atoms with Gasteiger partial charge < -0.3 is 5.32 Å². The summed E-state index contributed by atoms with van der Waals surface area (Å²) in [6.45, 7) is 1.84. The molecule has 1 N–H and O–H groups in total. The lowest BCUT2D eigenvalue weighted by atomic mass is 10.1. The molecule has 1 aromatic heterocycles. The Hall–Kier alpha value is -3.15. The predicted octanol–water partition coefficient (Wildman–Crippen LogP) is 6.58. The Morgan fingerprint density at radius 1 is 0.839 bits per heavy atom. The molecule has 0 saturated carbocycles. The van der Waals surface area contributed by atoms with Gasteiger partial charge in [-0.05, 0) is 31.2 Å². The maximum atomic E-state index is 12.7. The van der Waals surface area contributed by atoms with E-state index in [1.54, 1.807) is 24.3 Å². The molecular formula is C25H20ClN3OS. The van der Waals surface area contributed by atoms with E-state index in [0.29, 0.717) is 15.9 Å². The number of benzene rings is 3. The third kappa shape index (κ3) is 5.51. The van der Waals surface area contributed by atoms with E-state index in [1.807, 2.05) is 73.7 Å². The van der Waals surface area contributed by atoms with Gasteiger partial charge in [0.15, 0.2) is 5.16 Å². The third-order valence-electron chi connectivity index (χ3n) is 4.59. The van der Waals surface area contributed by atoms with E-state index in [4.69, 9.17) is 21.6 Å². The molecule has 31 heavy (non-hydrogen) atoms. The number of carbonyl (C=O) groups excluding carboxylic acids is 1. The van der Waals surface area contributed by atoms with Gasteiger partial charge in [0.05, 0.1) is 16.6 Å². The maximum Gasteiger partial charge on any atom is 0.237 e. The Morgan fingerprint density at radius 3 is 1.97 bits per heavy atom. The number of hydrogen-bond donors (Lipinski definition) is 1. The number of hydrogen-bond acceptors (Lipinski definition) is 4. The highest BCUT2D eigenvalue weighted by molar-refractivity contribution is 8.00. The highest BCUT2D eigenvalue weighted by atomic mass is 35.5. The topological polar surface area (TPSA) is 54.9 Å². The summed E-state index contributed by atoms with van der Waals surface area (Å²) < 4.78 is 0. The molecule has 6 heteroatoms. The van der Waals surface area contributed by atoms with Crippen LogP contribution in [0.25, 0.3) is 22.5 Å². The van der Waals surface area contributed by atoms with E-state index in [1.165, 1.54) is 11.8 Å². The Balaban J connectivity index is 1.61. The second-order valence-electron chi connectivity index (χ2n) is 6.91.